The van der Waals surface area contributed by atoms with Crippen LogP contribution in [0.2, 0.25) is 0 Å². The van der Waals surface area contributed by atoms with Crippen LogP contribution in [0.15, 0.2) is 12.2 Å². The molecule has 2 heteroatoms. The van der Waals surface area contributed by atoms with E-state index in [1.54, 1.807) is 0 Å². The lowest BCUT2D eigenvalue weighted by Gasteiger charge is -2.59. The maximum atomic E-state index is 9.49. The zero-order chi connectivity index (χ0) is 16.2. The van der Waals surface area contributed by atoms with E-state index in [1.165, 1.54) is 51.4 Å². The van der Waals surface area contributed by atoms with Gasteiger partial charge in [0.25, 0.3) is 0 Å². The van der Waals surface area contributed by atoms with E-state index in [4.69, 9.17) is 0 Å². The molecule has 4 aliphatic rings. The second-order valence-corrected chi connectivity index (χ2v) is 9.53. The van der Waals surface area contributed by atoms with Gasteiger partial charge in [-0.3, -0.25) is 0 Å². The Morgan fingerprint density at radius 2 is 1.83 bits per heavy atom. The minimum Gasteiger partial charge on any atom is -0.368 e. The van der Waals surface area contributed by atoms with Crippen molar-refractivity contribution >= 4 is 0 Å². The Bertz CT molecular complexity index is 484. The topological polar surface area (TPSA) is 40.5 Å². The molecule has 3 fully saturated rings. The Morgan fingerprint density at radius 1 is 1.00 bits per heavy atom. The van der Waals surface area contributed by atoms with Gasteiger partial charge >= 0.3 is 0 Å². The summed E-state index contributed by atoms with van der Waals surface area (Å²) in [4.78, 5) is 0. The van der Waals surface area contributed by atoms with Gasteiger partial charge in [0.15, 0.2) is 6.29 Å². The molecule has 0 aliphatic heterocycles. The molecule has 1 unspecified atom stereocenters. The van der Waals surface area contributed by atoms with Gasteiger partial charge < -0.3 is 10.2 Å². The Morgan fingerprint density at radius 3 is 2.61 bits per heavy atom. The SMILES string of the molecule is C[C@]12CC[C@H]3[C@@H](CCC4CCC=C[C@@]43C)[C@@H]1CC[C@@H]2CC(O)O. The number of hydrogen-bond acceptors (Lipinski definition) is 2. The smallest absolute Gasteiger partial charge is 0.151 e. The molecule has 0 bridgehead atoms. The zero-order valence-corrected chi connectivity index (χ0v) is 14.9. The molecule has 130 valence electrons. The lowest BCUT2D eigenvalue weighted by molar-refractivity contribution is -0.102. The Hall–Kier alpha value is -0.340. The molecule has 2 N–H and O–H groups in total. The summed E-state index contributed by atoms with van der Waals surface area (Å²) in [5.41, 5.74) is 0.795. The molecule has 0 aromatic carbocycles. The van der Waals surface area contributed by atoms with Gasteiger partial charge in [0.2, 0.25) is 0 Å². The van der Waals surface area contributed by atoms with Crippen LogP contribution < -0.4 is 0 Å². The summed E-state index contributed by atoms with van der Waals surface area (Å²) < 4.78 is 0. The highest BCUT2D eigenvalue weighted by atomic mass is 16.5. The van der Waals surface area contributed by atoms with Crippen molar-refractivity contribution in [3.63, 3.8) is 0 Å². The maximum absolute atomic E-state index is 9.49. The van der Waals surface area contributed by atoms with Crippen LogP contribution in [0.4, 0.5) is 0 Å². The molecule has 0 amide bonds. The summed E-state index contributed by atoms with van der Waals surface area (Å²) in [7, 11) is 0. The van der Waals surface area contributed by atoms with Crippen molar-refractivity contribution in [2.75, 3.05) is 0 Å². The van der Waals surface area contributed by atoms with E-state index in [1.807, 2.05) is 0 Å². The average Bonchev–Trinajstić information content (AvgIpc) is 2.83. The van der Waals surface area contributed by atoms with Gasteiger partial charge in [-0.25, -0.2) is 0 Å². The first-order valence-electron chi connectivity index (χ1n) is 9.99. The quantitative estimate of drug-likeness (QED) is 0.581. The van der Waals surface area contributed by atoms with Crippen molar-refractivity contribution in [3.8, 4) is 0 Å². The Balaban J connectivity index is 1.60. The first-order valence-corrected chi connectivity index (χ1v) is 9.99. The fourth-order valence-corrected chi connectivity index (χ4v) is 7.57. The van der Waals surface area contributed by atoms with Gasteiger partial charge in [0, 0.05) is 6.42 Å². The van der Waals surface area contributed by atoms with Crippen LogP contribution in [0.3, 0.4) is 0 Å². The second kappa shape index (κ2) is 5.59. The molecule has 0 radical (unpaired) electrons. The lowest BCUT2D eigenvalue weighted by Crippen LogP contribution is -2.51. The third-order valence-corrected chi connectivity index (χ3v) is 8.81. The molecule has 3 saturated carbocycles. The third-order valence-electron chi connectivity index (χ3n) is 8.81. The number of aliphatic hydroxyl groups is 2. The summed E-state index contributed by atoms with van der Waals surface area (Å²) in [6.07, 6.45) is 15.2. The number of allylic oxidation sites excluding steroid dienone is 2. The van der Waals surface area contributed by atoms with Crippen molar-refractivity contribution in [2.45, 2.75) is 77.9 Å². The van der Waals surface area contributed by atoms with E-state index >= 15 is 0 Å². The fourth-order valence-electron chi connectivity index (χ4n) is 7.57. The molecule has 0 spiro atoms. The van der Waals surface area contributed by atoms with E-state index in [0.29, 0.717) is 23.2 Å². The standard InChI is InChI=1S/C21H34O2/c1-20-11-4-3-5-14(20)6-8-16-17-9-7-15(13-19(22)23)21(17,2)12-10-18(16)20/h4,11,14-19,22-23H,3,5-10,12-13H2,1-2H3/t14?,15-,16+,17+,18+,20+,21-/m1/s1. The van der Waals surface area contributed by atoms with Crippen molar-refractivity contribution in [1.82, 2.24) is 0 Å². The molecule has 4 rings (SSSR count). The largest absolute Gasteiger partial charge is 0.368 e. The van der Waals surface area contributed by atoms with Gasteiger partial charge in [-0.1, -0.05) is 26.0 Å². The van der Waals surface area contributed by atoms with Crippen LogP contribution >= 0.6 is 0 Å². The van der Waals surface area contributed by atoms with E-state index < -0.39 is 6.29 Å². The second-order valence-electron chi connectivity index (χ2n) is 9.53. The molecule has 2 nitrogen and oxygen atoms in total. The molecule has 0 saturated heterocycles. The Kier molecular flexibility index (Phi) is 3.93. The van der Waals surface area contributed by atoms with E-state index in [-0.39, 0.29) is 0 Å². The number of aliphatic hydroxyl groups excluding tert-OH is 1. The molecule has 23 heavy (non-hydrogen) atoms. The monoisotopic (exact) mass is 318 g/mol. The predicted octanol–water partition coefficient (Wildman–Crippen LogP) is 4.51. The van der Waals surface area contributed by atoms with Crippen LogP contribution in [0.5, 0.6) is 0 Å². The van der Waals surface area contributed by atoms with Crippen molar-refractivity contribution in [3.05, 3.63) is 12.2 Å². The summed E-state index contributed by atoms with van der Waals surface area (Å²) in [6, 6.07) is 0. The summed E-state index contributed by atoms with van der Waals surface area (Å²) in [5.74, 6) is 3.99. The van der Waals surface area contributed by atoms with Gasteiger partial charge in [-0.05, 0) is 91.8 Å². The molecular formula is C21H34O2. The summed E-state index contributed by atoms with van der Waals surface area (Å²) in [5, 5.41) is 19.0. The van der Waals surface area contributed by atoms with Crippen molar-refractivity contribution in [1.29, 1.82) is 0 Å². The molecule has 7 atom stereocenters. The minimum atomic E-state index is -1.12. The summed E-state index contributed by atoms with van der Waals surface area (Å²) in [6.45, 7) is 5.02. The molecule has 0 aromatic rings. The van der Waals surface area contributed by atoms with Crippen LogP contribution in [0.25, 0.3) is 0 Å². The zero-order valence-electron chi connectivity index (χ0n) is 14.9. The van der Waals surface area contributed by atoms with Gasteiger partial charge in [0.1, 0.15) is 0 Å². The van der Waals surface area contributed by atoms with Gasteiger partial charge in [-0.2, -0.15) is 0 Å². The van der Waals surface area contributed by atoms with Crippen LogP contribution in [-0.4, -0.2) is 16.5 Å². The number of rotatable bonds is 2. The van der Waals surface area contributed by atoms with Crippen LogP contribution in [0, 0.1) is 40.4 Å². The number of fused-ring (bicyclic) bond motifs is 5. The minimum absolute atomic E-state index is 0.354. The first-order chi connectivity index (χ1) is 10.9. The number of hydrogen-bond donors (Lipinski definition) is 2. The molecule has 0 aromatic heterocycles. The van der Waals surface area contributed by atoms with E-state index in [2.05, 4.69) is 26.0 Å². The molecule has 4 aliphatic carbocycles. The third kappa shape index (κ3) is 2.35. The summed E-state index contributed by atoms with van der Waals surface area (Å²) >= 11 is 0. The molecule has 0 heterocycles. The first kappa shape index (κ1) is 16.1. The van der Waals surface area contributed by atoms with Crippen molar-refractivity contribution < 1.29 is 10.2 Å². The van der Waals surface area contributed by atoms with Crippen LogP contribution in [0.1, 0.15) is 71.6 Å². The van der Waals surface area contributed by atoms with E-state index in [9.17, 15) is 10.2 Å². The molecular weight excluding hydrogens is 284 g/mol. The lowest BCUT2D eigenvalue weighted by atomic mass is 9.46. The highest BCUT2D eigenvalue weighted by molar-refractivity contribution is 5.15. The van der Waals surface area contributed by atoms with Gasteiger partial charge in [0.05, 0.1) is 0 Å². The Labute approximate surface area is 141 Å². The van der Waals surface area contributed by atoms with Gasteiger partial charge in [-0.15, -0.1) is 0 Å². The normalized spacial score (nSPS) is 52.1. The highest BCUT2D eigenvalue weighted by Crippen LogP contribution is 2.67. The van der Waals surface area contributed by atoms with E-state index in [0.717, 1.165) is 23.7 Å². The van der Waals surface area contributed by atoms with Crippen LogP contribution in [-0.2, 0) is 0 Å². The fraction of sp³-hybridized carbons (Fsp3) is 0.905. The maximum Gasteiger partial charge on any atom is 0.151 e. The average molecular weight is 319 g/mol. The predicted molar refractivity (Wildman–Crippen MR) is 92.6 cm³/mol. The van der Waals surface area contributed by atoms with Crippen molar-refractivity contribution in [2.24, 2.45) is 40.4 Å². The highest BCUT2D eigenvalue weighted by Gasteiger charge is 2.59.